The molecule has 0 aliphatic heterocycles. The molecular formula is C6H15N3O. The summed E-state index contributed by atoms with van der Waals surface area (Å²) in [5, 5.41) is 11.4. The molecule has 4 nitrogen and oxygen atoms in total. The third kappa shape index (κ3) is 7.55. The molecule has 0 bridgehead atoms. The maximum absolute atomic E-state index is 8.28. The highest BCUT2D eigenvalue weighted by molar-refractivity contribution is 5.57. The van der Waals surface area contributed by atoms with Crippen molar-refractivity contribution in [3.05, 3.63) is 0 Å². The Morgan fingerprint density at radius 1 is 1.50 bits per heavy atom. The molecule has 0 aromatic heterocycles. The summed E-state index contributed by atoms with van der Waals surface area (Å²) >= 11 is 0. The Labute approximate surface area is 61.1 Å². The highest BCUT2D eigenvalue weighted by Gasteiger charge is 1.80. The molecule has 0 aliphatic rings. The van der Waals surface area contributed by atoms with Crippen LogP contribution in [0.3, 0.4) is 0 Å². The number of aliphatic imine (C=N–C) groups is 1. The van der Waals surface area contributed by atoms with Crippen LogP contribution in [0.2, 0.25) is 0 Å². The Kier molecular flexibility index (Phi) is 8.17. The predicted molar refractivity (Wildman–Crippen MR) is 42.4 cm³/mol. The average Bonchev–Trinajstić information content (AvgIpc) is 1.97. The summed E-state index contributed by atoms with van der Waals surface area (Å²) in [5.74, 6) is 0. The maximum atomic E-state index is 8.28. The second kappa shape index (κ2) is 8.55. The lowest BCUT2D eigenvalue weighted by atomic mass is 10.5. The van der Waals surface area contributed by atoms with Gasteiger partial charge in [-0.1, -0.05) is 0 Å². The van der Waals surface area contributed by atoms with E-state index in [0.717, 1.165) is 13.1 Å². The smallest absolute Gasteiger partial charge is 0.0779 e. The van der Waals surface area contributed by atoms with Gasteiger partial charge in [0, 0.05) is 25.8 Å². The van der Waals surface area contributed by atoms with Gasteiger partial charge in [-0.05, 0) is 0 Å². The van der Waals surface area contributed by atoms with Crippen molar-refractivity contribution in [3.63, 3.8) is 0 Å². The van der Waals surface area contributed by atoms with Crippen LogP contribution in [0.4, 0.5) is 0 Å². The minimum atomic E-state index is 0.0247. The number of aliphatic hydroxyl groups excluding tert-OH is 1. The summed E-state index contributed by atoms with van der Waals surface area (Å²) in [6.07, 6.45) is 1.49. The fourth-order valence-corrected chi connectivity index (χ4v) is 0.520. The van der Waals surface area contributed by atoms with Crippen LogP contribution >= 0.6 is 0 Å². The first kappa shape index (κ1) is 9.55. The quantitative estimate of drug-likeness (QED) is 0.318. The zero-order valence-electron chi connectivity index (χ0n) is 6.08. The van der Waals surface area contributed by atoms with E-state index in [-0.39, 0.29) is 6.61 Å². The van der Waals surface area contributed by atoms with E-state index in [2.05, 4.69) is 10.3 Å². The zero-order chi connectivity index (χ0) is 7.66. The van der Waals surface area contributed by atoms with Gasteiger partial charge in [0.25, 0.3) is 0 Å². The van der Waals surface area contributed by atoms with Crippen LogP contribution in [0.25, 0.3) is 0 Å². The van der Waals surface area contributed by atoms with Crippen molar-refractivity contribution in [1.82, 2.24) is 5.32 Å². The van der Waals surface area contributed by atoms with E-state index in [9.17, 15) is 0 Å². The van der Waals surface area contributed by atoms with Crippen LogP contribution in [0.15, 0.2) is 4.99 Å². The molecule has 0 radical (unpaired) electrons. The van der Waals surface area contributed by atoms with Crippen LogP contribution in [-0.4, -0.2) is 44.1 Å². The van der Waals surface area contributed by atoms with Gasteiger partial charge in [0.2, 0.25) is 0 Å². The number of rotatable bonds is 6. The van der Waals surface area contributed by atoms with Gasteiger partial charge in [-0.3, -0.25) is 4.99 Å². The fourth-order valence-electron chi connectivity index (χ4n) is 0.520. The van der Waals surface area contributed by atoms with Crippen LogP contribution in [-0.2, 0) is 0 Å². The summed E-state index contributed by atoms with van der Waals surface area (Å²) in [4.78, 5) is 3.88. The Morgan fingerprint density at radius 2 is 2.30 bits per heavy atom. The van der Waals surface area contributed by atoms with E-state index in [1.54, 1.807) is 0 Å². The standard InChI is InChI=1S/C6H15N3O/c7-1-2-8-3-4-9-5-6-10/h5,8,10H,1-4,6-7H2. The Morgan fingerprint density at radius 3 is 2.90 bits per heavy atom. The normalized spacial score (nSPS) is 11.0. The van der Waals surface area contributed by atoms with E-state index in [1.807, 2.05) is 0 Å². The Balaban J connectivity index is 2.83. The van der Waals surface area contributed by atoms with Crippen molar-refractivity contribution < 1.29 is 5.11 Å². The van der Waals surface area contributed by atoms with Crippen LogP contribution in [0.1, 0.15) is 0 Å². The first-order valence-electron chi connectivity index (χ1n) is 3.41. The zero-order valence-corrected chi connectivity index (χ0v) is 6.08. The Bertz CT molecular complexity index is 85.1. The lowest BCUT2D eigenvalue weighted by Crippen LogP contribution is -2.24. The topological polar surface area (TPSA) is 70.6 Å². The SMILES string of the molecule is NCCNCCN=CCO. The molecule has 0 spiro atoms. The number of hydrogen-bond donors (Lipinski definition) is 3. The molecule has 0 amide bonds. The van der Waals surface area contributed by atoms with E-state index in [0.29, 0.717) is 13.1 Å². The summed E-state index contributed by atoms with van der Waals surface area (Å²) < 4.78 is 0. The monoisotopic (exact) mass is 145 g/mol. The lowest BCUT2D eigenvalue weighted by molar-refractivity contribution is 0.361. The molecule has 10 heavy (non-hydrogen) atoms. The Hall–Kier alpha value is -0.450. The van der Waals surface area contributed by atoms with Crippen molar-refractivity contribution >= 4 is 6.21 Å². The van der Waals surface area contributed by atoms with E-state index >= 15 is 0 Å². The highest BCUT2D eigenvalue weighted by Crippen LogP contribution is 1.64. The molecule has 0 aliphatic carbocycles. The molecule has 0 unspecified atom stereocenters. The molecule has 0 atom stereocenters. The summed E-state index contributed by atoms with van der Waals surface area (Å²) in [5.41, 5.74) is 5.23. The number of nitrogens with one attached hydrogen (secondary N) is 1. The highest BCUT2D eigenvalue weighted by atomic mass is 16.2. The van der Waals surface area contributed by atoms with Gasteiger partial charge in [0.05, 0.1) is 13.2 Å². The molecule has 0 aromatic carbocycles. The van der Waals surface area contributed by atoms with Gasteiger partial charge in [-0.2, -0.15) is 0 Å². The largest absolute Gasteiger partial charge is 0.391 e. The fraction of sp³-hybridized carbons (Fsp3) is 0.833. The third-order valence-electron chi connectivity index (χ3n) is 0.950. The van der Waals surface area contributed by atoms with Crippen LogP contribution in [0, 0.1) is 0 Å². The van der Waals surface area contributed by atoms with Gasteiger partial charge in [-0.25, -0.2) is 0 Å². The number of nitrogens with zero attached hydrogens (tertiary/aromatic N) is 1. The van der Waals surface area contributed by atoms with Crippen molar-refractivity contribution in [2.24, 2.45) is 10.7 Å². The van der Waals surface area contributed by atoms with Crippen molar-refractivity contribution in [1.29, 1.82) is 0 Å². The summed E-state index contributed by atoms with van der Waals surface area (Å²) in [7, 11) is 0. The van der Waals surface area contributed by atoms with Crippen molar-refractivity contribution in [2.45, 2.75) is 0 Å². The van der Waals surface area contributed by atoms with Crippen LogP contribution in [0.5, 0.6) is 0 Å². The van der Waals surface area contributed by atoms with Crippen LogP contribution < -0.4 is 11.1 Å². The van der Waals surface area contributed by atoms with Crippen molar-refractivity contribution in [3.8, 4) is 0 Å². The third-order valence-corrected chi connectivity index (χ3v) is 0.950. The van der Waals surface area contributed by atoms with Gasteiger partial charge < -0.3 is 16.2 Å². The maximum Gasteiger partial charge on any atom is 0.0779 e. The number of nitrogens with two attached hydrogens (primary N) is 1. The predicted octanol–water partition coefficient (Wildman–Crippen LogP) is -1.40. The minimum Gasteiger partial charge on any atom is -0.391 e. The molecule has 0 saturated heterocycles. The lowest BCUT2D eigenvalue weighted by Gasteiger charge is -1.97. The molecule has 0 aromatic rings. The number of hydrogen-bond acceptors (Lipinski definition) is 4. The molecule has 0 saturated carbocycles. The summed E-state index contributed by atoms with van der Waals surface area (Å²) in [6, 6.07) is 0. The molecule has 0 fully saturated rings. The molecular weight excluding hydrogens is 130 g/mol. The van der Waals surface area contributed by atoms with E-state index in [4.69, 9.17) is 10.8 Å². The van der Waals surface area contributed by atoms with Gasteiger partial charge in [-0.15, -0.1) is 0 Å². The first-order valence-corrected chi connectivity index (χ1v) is 3.41. The molecule has 60 valence electrons. The van der Waals surface area contributed by atoms with Crippen molar-refractivity contribution in [2.75, 3.05) is 32.8 Å². The van der Waals surface area contributed by atoms with Gasteiger partial charge in [0.1, 0.15) is 0 Å². The first-order chi connectivity index (χ1) is 4.91. The van der Waals surface area contributed by atoms with E-state index < -0.39 is 0 Å². The van der Waals surface area contributed by atoms with Gasteiger partial charge >= 0.3 is 0 Å². The minimum absolute atomic E-state index is 0.0247. The van der Waals surface area contributed by atoms with Gasteiger partial charge in [0.15, 0.2) is 0 Å². The average molecular weight is 145 g/mol. The summed E-state index contributed by atoms with van der Waals surface area (Å²) in [6.45, 7) is 3.05. The molecule has 4 N–H and O–H groups in total. The number of aliphatic hydroxyl groups is 1. The second-order valence-electron chi connectivity index (χ2n) is 1.81. The second-order valence-corrected chi connectivity index (χ2v) is 1.81. The van der Waals surface area contributed by atoms with E-state index in [1.165, 1.54) is 6.21 Å². The molecule has 0 heterocycles. The molecule has 4 heteroatoms. The molecule has 0 rings (SSSR count).